The van der Waals surface area contributed by atoms with Gasteiger partial charge in [0.15, 0.2) is 0 Å². The molecule has 0 aromatic heterocycles. The van der Waals surface area contributed by atoms with Crippen molar-refractivity contribution in [3.63, 3.8) is 0 Å². The highest BCUT2D eigenvalue weighted by Gasteiger charge is 2.12. The van der Waals surface area contributed by atoms with E-state index in [2.05, 4.69) is 17.2 Å². The van der Waals surface area contributed by atoms with Gasteiger partial charge in [-0.25, -0.2) is 4.39 Å². The molecule has 0 aliphatic heterocycles. The molecule has 0 spiro atoms. The number of halogens is 1. The van der Waals surface area contributed by atoms with Gasteiger partial charge in [-0.1, -0.05) is 11.8 Å². The predicted octanol–water partition coefficient (Wildman–Crippen LogP) is 1.24. The van der Waals surface area contributed by atoms with E-state index in [1.54, 1.807) is 6.07 Å². The number of nitrogens with zero attached hydrogens (tertiary/aromatic N) is 1. The summed E-state index contributed by atoms with van der Waals surface area (Å²) in [6.07, 6.45) is 0.295. The minimum absolute atomic E-state index is 0.0282. The molecule has 0 aliphatic rings. The van der Waals surface area contributed by atoms with Crippen molar-refractivity contribution in [2.45, 2.75) is 19.4 Å². The zero-order valence-corrected chi connectivity index (χ0v) is 12.6. The van der Waals surface area contributed by atoms with Crippen LogP contribution in [-0.4, -0.2) is 49.2 Å². The van der Waals surface area contributed by atoms with Crippen molar-refractivity contribution in [3.05, 3.63) is 35.1 Å². The van der Waals surface area contributed by atoms with Crippen LogP contribution in [0, 0.1) is 17.7 Å². The molecule has 1 aromatic carbocycles. The number of aliphatic hydroxyl groups excluding tert-OH is 1. The molecule has 5 heteroatoms. The van der Waals surface area contributed by atoms with Gasteiger partial charge < -0.3 is 15.3 Å². The number of aliphatic hydroxyl groups is 1. The van der Waals surface area contributed by atoms with Gasteiger partial charge in [-0.05, 0) is 39.2 Å². The van der Waals surface area contributed by atoms with E-state index in [-0.39, 0.29) is 29.7 Å². The molecule has 1 amide bonds. The lowest BCUT2D eigenvalue weighted by Crippen LogP contribution is -2.39. The smallest absolute Gasteiger partial charge is 0.251 e. The Labute approximate surface area is 125 Å². The normalized spacial score (nSPS) is 11.7. The van der Waals surface area contributed by atoms with E-state index in [1.807, 2.05) is 25.9 Å². The van der Waals surface area contributed by atoms with Crippen molar-refractivity contribution in [2.75, 3.05) is 27.2 Å². The first-order valence-corrected chi connectivity index (χ1v) is 6.79. The number of carbonyl (C=O) groups excluding carboxylic acids is 1. The van der Waals surface area contributed by atoms with E-state index < -0.39 is 5.82 Å². The van der Waals surface area contributed by atoms with Crippen LogP contribution in [0.2, 0.25) is 0 Å². The molecule has 0 heterocycles. The van der Waals surface area contributed by atoms with Crippen LogP contribution in [0.4, 0.5) is 4.39 Å². The summed E-state index contributed by atoms with van der Waals surface area (Å²) in [6.45, 7) is 2.54. The van der Waals surface area contributed by atoms with Gasteiger partial charge in [-0.2, -0.15) is 0 Å². The summed E-state index contributed by atoms with van der Waals surface area (Å²) >= 11 is 0. The number of likely N-dealkylation sites (N-methyl/N-ethyl adjacent to an activating group) is 1. The third-order valence-electron chi connectivity index (χ3n) is 2.71. The molecule has 2 N–H and O–H groups in total. The summed E-state index contributed by atoms with van der Waals surface area (Å²) in [5.74, 6) is 4.43. The molecular formula is C16H21FN2O2. The molecule has 0 aliphatic carbocycles. The average molecular weight is 292 g/mol. The maximum atomic E-state index is 13.8. The van der Waals surface area contributed by atoms with Gasteiger partial charge in [0.2, 0.25) is 0 Å². The molecule has 0 saturated heterocycles. The molecule has 0 fully saturated rings. The van der Waals surface area contributed by atoms with Gasteiger partial charge >= 0.3 is 0 Å². The Kier molecular flexibility index (Phi) is 6.86. The van der Waals surface area contributed by atoms with E-state index >= 15 is 0 Å². The molecule has 0 radical (unpaired) electrons. The minimum Gasteiger partial charge on any atom is -0.395 e. The van der Waals surface area contributed by atoms with Crippen molar-refractivity contribution in [2.24, 2.45) is 0 Å². The fourth-order valence-corrected chi connectivity index (χ4v) is 1.87. The monoisotopic (exact) mass is 292 g/mol. The topological polar surface area (TPSA) is 52.6 Å². The number of amides is 1. The molecule has 21 heavy (non-hydrogen) atoms. The largest absolute Gasteiger partial charge is 0.395 e. The lowest BCUT2D eigenvalue weighted by molar-refractivity contribution is 0.0934. The summed E-state index contributed by atoms with van der Waals surface area (Å²) in [5, 5.41) is 11.4. The van der Waals surface area contributed by atoms with Crippen LogP contribution < -0.4 is 5.32 Å². The molecule has 114 valence electrons. The van der Waals surface area contributed by atoms with Crippen LogP contribution in [0.15, 0.2) is 18.2 Å². The summed E-state index contributed by atoms with van der Waals surface area (Å²) in [4.78, 5) is 14.0. The number of rotatable bonds is 5. The third kappa shape index (κ3) is 5.94. The Bertz CT molecular complexity index is 547. The Morgan fingerprint density at radius 3 is 2.76 bits per heavy atom. The number of benzene rings is 1. The van der Waals surface area contributed by atoms with Crippen LogP contribution in [0.1, 0.15) is 29.3 Å². The fourth-order valence-electron chi connectivity index (χ4n) is 1.87. The van der Waals surface area contributed by atoms with Gasteiger partial charge in [0.05, 0.1) is 12.2 Å². The quantitative estimate of drug-likeness (QED) is 0.803. The van der Waals surface area contributed by atoms with Gasteiger partial charge in [-0.3, -0.25) is 4.79 Å². The molecule has 0 bridgehead atoms. The van der Waals surface area contributed by atoms with Crippen LogP contribution in [0.25, 0.3) is 0 Å². The Morgan fingerprint density at radius 2 is 2.19 bits per heavy atom. The van der Waals surface area contributed by atoms with Crippen LogP contribution in [-0.2, 0) is 0 Å². The lowest BCUT2D eigenvalue weighted by atomic mass is 10.1. The zero-order valence-electron chi connectivity index (χ0n) is 12.6. The van der Waals surface area contributed by atoms with Gasteiger partial charge in [0, 0.05) is 24.6 Å². The Morgan fingerprint density at radius 1 is 1.48 bits per heavy atom. The van der Waals surface area contributed by atoms with E-state index in [9.17, 15) is 9.18 Å². The van der Waals surface area contributed by atoms with Gasteiger partial charge in [0.1, 0.15) is 5.82 Å². The Hall–Kier alpha value is -1.90. The fraction of sp³-hybridized carbons (Fsp3) is 0.438. The van der Waals surface area contributed by atoms with E-state index in [0.29, 0.717) is 13.0 Å². The SMILES string of the molecule is CC(CN(C)C)NC(=O)c1ccc(C#CCCO)c(F)c1. The minimum atomic E-state index is -0.534. The first kappa shape index (κ1) is 17.2. The van der Waals surface area contributed by atoms with E-state index in [1.165, 1.54) is 12.1 Å². The second kappa shape index (κ2) is 8.40. The molecule has 4 nitrogen and oxygen atoms in total. The molecule has 1 atom stereocenters. The van der Waals surface area contributed by atoms with Crippen LogP contribution >= 0.6 is 0 Å². The van der Waals surface area contributed by atoms with Crippen molar-refractivity contribution in [3.8, 4) is 11.8 Å². The number of hydrogen-bond donors (Lipinski definition) is 2. The summed E-state index contributed by atoms with van der Waals surface area (Å²) in [7, 11) is 3.84. The van der Waals surface area contributed by atoms with E-state index in [0.717, 1.165) is 0 Å². The van der Waals surface area contributed by atoms with Crippen molar-refractivity contribution < 1.29 is 14.3 Å². The standard InChI is InChI=1S/C16H21FN2O2/c1-12(11-19(2)3)18-16(21)14-8-7-13(15(17)10-14)6-4-5-9-20/h7-8,10,12,20H,5,9,11H2,1-3H3,(H,18,21). The van der Waals surface area contributed by atoms with Gasteiger partial charge in [-0.15, -0.1) is 0 Å². The molecule has 1 rings (SSSR count). The number of hydrogen-bond acceptors (Lipinski definition) is 3. The average Bonchev–Trinajstić information content (AvgIpc) is 2.39. The highest BCUT2D eigenvalue weighted by molar-refractivity contribution is 5.94. The summed E-state index contributed by atoms with van der Waals surface area (Å²) < 4.78 is 13.8. The lowest BCUT2D eigenvalue weighted by Gasteiger charge is -2.18. The zero-order chi connectivity index (χ0) is 15.8. The maximum absolute atomic E-state index is 13.8. The number of nitrogens with one attached hydrogen (secondary N) is 1. The molecule has 1 aromatic rings. The van der Waals surface area contributed by atoms with Crippen molar-refractivity contribution >= 4 is 5.91 Å². The summed E-state index contributed by atoms with van der Waals surface area (Å²) in [5.41, 5.74) is 0.493. The van der Waals surface area contributed by atoms with Crippen LogP contribution in [0.3, 0.4) is 0 Å². The molecular weight excluding hydrogens is 271 g/mol. The summed E-state index contributed by atoms with van der Waals surface area (Å²) in [6, 6.07) is 4.18. The first-order valence-electron chi connectivity index (χ1n) is 6.79. The first-order chi connectivity index (χ1) is 9.93. The maximum Gasteiger partial charge on any atom is 0.251 e. The molecule has 0 saturated carbocycles. The Balaban J connectivity index is 2.75. The second-order valence-electron chi connectivity index (χ2n) is 5.11. The van der Waals surface area contributed by atoms with E-state index in [4.69, 9.17) is 5.11 Å². The van der Waals surface area contributed by atoms with Gasteiger partial charge in [0.25, 0.3) is 5.91 Å². The predicted molar refractivity (Wildman–Crippen MR) is 80.5 cm³/mol. The second-order valence-corrected chi connectivity index (χ2v) is 5.11. The van der Waals surface area contributed by atoms with Crippen molar-refractivity contribution in [1.29, 1.82) is 0 Å². The molecule has 1 unspecified atom stereocenters. The van der Waals surface area contributed by atoms with Crippen molar-refractivity contribution in [1.82, 2.24) is 10.2 Å². The van der Waals surface area contributed by atoms with Crippen LogP contribution in [0.5, 0.6) is 0 Å². The highest BCUT2D eigenvalue weighted by Crippen LogP contribution is 2.10. The highest BCUT2D eigenvalue weighted by atomic mass is 19.1. The number of carbonyl (C=O) groups is 1. The third-order valence-corrected chi connectivity index (χ3v) is 2.71.